The number of azo groups is 1. The van der Waals surface area contributed by atoms with E-state index in [-0.39, 0.29) is 5.56 Å². The maximum atomic E-state index is 13.0. The third-order valence-corrected chi connectivity index (χ3v) is 5.01. The molecule has 0 atom stereocenters. The first kappa shape index (κ1) is 24.6. The summed E-state index contributed by atoms with van der Waals surface area (Å²) in [6, 6.07) is 9.98. The topological polar surface area (TPSA) is 84.1 Å². The van der Waals surface area contributed by atoms with E-state index in [4.69, 9.17) is 4.74 Å². The Balaban J connectivity index is 2.13. The van der Waals surface area contributed by atoms with Crippen molar-refractivity contribution >= 4 is 22.6 Å². The molecule has 1 N–H and O–H groups in total. The second kappa shape index (κ2) is 14.3. The molecule has 0 spiro atoms. The first-order valence-corrected chi connectivity index (χ1v) is 11.5. The van der Waals surface area contributed by atoms with Crippen molar-refractivity contribution in [3.8, 4) is 0 Å². The van der Waals surface area contributed by atoms with Gasteiger partial charge in [-0.3, -0.25) is 14.9 Å². The first-order valence-electron chi connectivity index (χ1n) is 10.5. The van der Waals surface area contributed by atoms with Gasteiger partial charge < -0.3 is 4.74 Å². The third-order valence-electron chi connectivity index (χ3n) is 4.16. The molecule has 1 heterocycles. The summed E-state index contributed by atoms with van der Waals surface area (Å²) >= 11 is 1.52. The molecule has 0 aliphatic rings. The summed E-state index contributed by atoms with van der Waals surface area (Å²) in [6.45, 7) is 8.17. The highest BCUT2D eigenvalue weighted by atomic mass is 32.2. The van der Waals surface area contributed by atoms with Crippen LogP contribution in [-0.2, 0) is 17.7 Å². The normalized spacial score (nSPS) is 12.7. The number of aliphatic imine (C=N–C) groups is 1. The largest absolute Gasteiger partial charge is 0.378 e. The fourth-order valence-electron chi connectivity index (χ4n) is 2.63. The Hall–Kier alpha value is -2.71. The zero-order valence-electron chi connectivity index (χ0n) is 18.5. The van der Waals surface area contributed by atoms with Gasteiger partial charge in [-0.2, -0.15) is 9.80 Å². The van der Waals surface area contributed by atoms with Gasteiger partial charge in [-0.05, 0) is 24.7 Å². The Morgan fingerprint density at radius 2 is 1.94 bits per heavy atom. The minimum atomic E-state index is -0.228. The molecule has 0 aliphatic carbocycles. The number of ether oxygens (including phenoxy) is 1. The number of aromatic nitrogens is 2. The number of aryl methyl sites for hydroxylation is 1. The van der Waals surface area contributed by atoms with Crippen molar-refractivity contribution in [2.45, 2.75) is 33.7 Å². The Morgan fingerprint density at radius 1 is 1.16 bits per heavy atom. The van der Waals surface area contributed by atoms with Crippen LogP contribution in [0.15, 0.2) is 74.7 Å². The average Bonchev–Trinajstić information content (AvgIpc) is 3.11. The lowest BCUT2D eigenvalue weighted by Crippen LogP contribution is -2.23. The molecule has 0 aliphatic heterocycles. The average molecular weight is 442 g/mol. The zero-order chi connectivity index (χ0) is 22.3. The van der Waals surface area contributed by atoms with E-state index in [1.54, 1.807) is 0 Å². The molecule has 0 fully saturated rings. The molecular weight excluding hydrogens is 410 g/mol. The van der Waals surface area contributed by atoms with E-state index in [1.807, 2.05) is 75.4 Å². The lowest BCUT2D eigenvalue weighted by Gasteiger charge is -2.05. The van der Waals surface area contributed by atoms with E-state index < -0.39 is 0 Å². The molecule has 0 unspecified atom stereocenters. The smallest absolute Gasteiger partial charge is 0.301 e. The van der Waals surface area contributed by atoms with Crippen LogP contribution in [0.2, 0.25) is 0 Å². The molecule has 0 radical (unpaired) electrons. The van der Waals surface area contributed by atoms with E-state index in [1.165, 1.54) is 16.4 Å². The van der Waals surface area contributed by atoms with E-state index in [0.717, 1.165) is 17.0 Å². The monoisotopic (exact) mass is 441 g/mol. The minimum absolute atomic E-state index is 0.228. The lowest BCUT2D eigenvalue weighted by molar-refractivity contribution is 0.177. The van der Waals surface area contributed by atoms with Gasteiger partial charge in [0, 0.05) is 6.61 Å². The van der Waals surface area contributed by atoms with Crippen LogP contribution in [0.1, 0.15) is 32.0 Å². The standard InChI is InChI=1S/C23H31N5O2S/c1-4-20-21(26-25-16-12-7-8-13-17-30-5-2)22(29)28(27-20)23(31-6-3)24-18-19-14-10-9-11-15-19/h7-15,27H,4-6,16-18H2,1-3H3/b12-7-,13-8-,24-23?,26-25?. The summed E-state index contributed by atoms with van der Waals surface area (Å²) in [6.07, 6.45) is 8.25. The molecular formula is C23H31N5O2S. The number of nitrogens with one attached hydrogen (secondary N) is 1. The van der Waals surface area contributed by atoms with Gasteiger partial charge in [0.05, 0.1) is 25.4 Å². The lowest BCUT2D eigenvalue weighted by atomic mass is 10.2. The number of H-pyrrole nitrogens is 1. The summed E-state index contributed by atoms with van der Waals surface area (Å²) in [7, 11) is 0. The number of nitrogens with zero attached hydrogens (tertiary/aromatic N) is 4. The molecule has 7 nitrogen and oxygen atoms in total. The minimum Gasteiger partial charge on any atom is -0.378 e. The molecule has 0 saturated heterocycles. The van der Waals surface area contributed by atoms with Gasteiger partial charge in [-0.1, -0.05) is 80.2 Å². The van der Waals surface area contributed by atoms with Crippen LogP contribution in [0.5, 0.6) is 0 Å². The fourth-order valence-corrected chi connectivity index (χ4v) is 3.30. The SMILES string of the molecule is CCOC/C=C\C=C/CN=Nc1c(CC)[nH]n(C(=NCc2ccccc2)SCC)c1=O. The van der Waals surface area contributed by atoms with Crippen molar-refractivity contribution in [2.75, 3.05) is 25.5 Å². The molecule has 0 amide bonds. The van der Waals surface area contributed by atoms with Crippen molar-refractivity contribution < 1.29 is 4.74 Å². The maximum Gasteiger partial charge on any atom is 0.301 e. The summed E-state index contributed by atoms with van der Waals surface area (Å²) in [4.78, 5) is 17.6. The van der Waals surface area contributed by atoms with Crippen molar-refractivity contribution in [1.82, 2.24) is 9.78 Å². The van der Waals surface area contributed by atoms with Gasteiger partial charge in [0.2, 0.25) is 0 Å². The number of thioether (sulfide) groups is 1. The van der Waals surface area contributed by atoms with Gasteiger partial charge in [0.15, 0.2) is 10.9 Å². The predicted molar refractivity (Wildman–Crippen MR) is 130 cm³/mol. The number of rotatable bonds is 11. The Labute approximate surface area is 188 Å². The quantitative estimate of drug-likeness (QED) is 0.172. The van der Waals surface area contributed by atoms with Crippen LogP contribution in [0.4, 0.5) is 5.69 Å². The molecule has 0 bridgehead atoms. The van der Waals surface area contributed by atoms with Crippen LogP contribution < -0.4 is 5.56 Å². The summed E-state index contributed by atoms with van der Waals surface area (Å²) in [5, 5.41) is 12.1. The van der Waals surface area contributed by atoms with E-state index in [2.05, 4.69) is 20.3 Å². The molecule has 1 aromatic carbocycles. The van der Waals surface area contributed by atoms with Crippen LogP contribution in [0, 0.1) is 0 Å². The summed E-state index contributed by atoms with van der Waals surface area (Å²) in [5.74, 6) is 0.805. The van der Waals surface area contributed by atoms with Crippen molar-refractivity contribution in [1.29, 1.82) is 0 Å². The van der Waals surface area contributed by atoms with Crippen molar-refractivity contribution in [3.05, 3.63) is 76.2 Å². The van der Waals surface area contributed by atoms with E-state index in [0.29, 0.717) is 43.6 Å². The van der Waals surface area contributed by atoms with Gasteiger partial charge in [0.25, 0.3) is 0 Å². The van der Waals surface area contributed by atoms with Gasteiger partial charge in [0.1, 0.15) is 0 Å². The van der Waals surface area contributed by atoms with Crippen LogP contribution in [0.3, 0.4) is 0 Å². The fraction of sp³-hybridized carbons (Fsp3) is 0.391. The molecule has 2 rings (SSSR count). The maximum absolute atomic E-state index is 13.0. The first-order chi connectivity index (χ1) is 15.2. The predicted octanol–water partition coefficient (Wildman–Crippen LogP) is 5.13. The molecule has 31 heavy (non-hydrogen) atoms. The van der Waals surface area contributed by atoms with Gasteiger partial charge in [-0.25, -0.2) is 0 Å². The number of benzene rings is 1. The van der Waals surface area contributed by atoms with Gasteiger partial charge in [-0.15, -0.1) is 5.11 Å². The third kappa shape index (κ3) is 8.15. The zero-order valence-corrected chi connectivity index (χ0v) is 19.3. The molecule has 8 heteroatoms. The highest BCUT2D eigenvalue weighted by Crippen LogP contribution is 2.16. The Kier molecular flexibility index (Phi) is 11.3. The molecule has 0 saturated carbocycles. The molecule has 1 aromatic heterocycles. The summed E-state index contributed by atoms with van der Waals surface area (Å²) in [5.41, 5.74) is 1.95. The number of aromatic amines is 1. The number of hydrogen-bond acceptors (Lipinski definition) is 6. The van der Waals surface area contributed by atoms with Gasteiger partial charge >= 0.3 is 5.56 Å². The number of hydrogen-bond donors (Lipinski definition) is 1. The summed E-state index contributed by atoms with van der Waals surface area (Å²) < 4.78 is 6.71. The molecule has 2 aromatic rings. The second-order valence-electron chi connectivity index (χ2n) is 6.39. The van der Waals surface area contributed by atoms with Crippen LogP contribution in [-0.4, -0.2) is 40.5 Å². The number of allylic oxidation sites excluding steroid dienone is 2. The van der Waals surface area contributed by atoms with Crippen molar-refractivity contribution in [3.63, 3.8) is 0 Å². The molecule has 166 valence electrons. The highest BCUT2D eigenvalue weighted by Gasteiger charge is 2.16. The van der Waals surface area contributed by atoms with E-state index in [9.17, 15) is 4.79 Å². The Bertz CT molecular complexity index is 958. The Morgan fingerprint density at radius 3 is 2.65 bits per heavy atom. The van der Waals surface area contributed by atoms with E-state index >= 15 is 0 Å². The highest BCUT2D eigenvalue weighted by molar-refractivity contribution is 8.13. The van der Waals surface area contributed by atoms with Crippen LogP contribution >= 0.6 is 11.8 Å². The van der Waals surface area contributed by atoms with Crippen LogP contribution in [0.25, 0.3) is 0 Å². The second-order valence-corrected chi connectivity index (χ2v) is 7.62. The van der Waals surface area contributed by atoms with Crippen molar-refractivity contribution in [2.24, 2.45) is 15.2 Å².